The number of carbonyl (C=O) groups is 1. The molecule has 1 aliphatic rings. The number of aromatic nitrogens is 1. The van der Waals surface area contributed by atoms with Crippen molar-refractivity contribution >= 4 is 5.91 Å². The number of amides is 1. The number of carbonyl (C=O) groups excluding carboxylic acids is 1. The molecule has 15 heavy (non-hydrogen) atoms. The third kappa shape index (κ3) is 2.17. The minimum Gasteiger partial charge on any atom is -0.354 e. The summed E-state index contributed by atoms with van der Waals surface area (Å²) >= 11 is 0. The molecule has 3 heteroatoms. The Morgan fingerprint density at radius 1 is 1.47 bits per heavy atom. The molecule has 1 saturated carbocycles. The van der Waals surface area contributed by atoms with Gasteiger partial charge in [0.2, 0.25) is 0 Å². The Morgan fingerprint density at radius 3 is 2.87 bits per heavy atom. The molecule has 0 aromatic carbocycles. The Hall–Kier alpha value is -1.38. The maximum absolute atomic E-state index is 11.4. The SMILES string of the molecule is CNC(=O)c1cc(C2CCCC2)ccn1. The molecule has 0 atom stereocenters. The summed E-state index contributed by atoms with van der Waals surface area (Å²) in [5.41, 5.74) is 1.79. The number of hydrogen-bond acceptors (Lipinski definition) is 2. The van der Waals surface area contributed by atoms with Crippen molar-refractivity contribution in [1.29, 1.82) is 0 Å². The van der Waals surface area contributed by atoms with Gasteiger partial charge in [-0.3, -0.25) is 9.78 Å². The zero-order valence-corrected chi connectivity index (χ0v) is 8.99. The maximum Gasteiger partial charge on any atom is 0.269 e. The smallest absolute Gasteiger partial charge is 0.269 e. The Bertz CT molecular complexity index is 356. The lowest BCUT2D eigenvalue weighted by molar-refractivity contribution is 0.0958. The van der Waals surface area contributed by atoms with Gasteiger partial charge in [0, 0.05) is 13.2 Å². The van der Waals surface area contributed by atoms with Crippen LogP contribution in [-0.2, 0) is 0 Å². The van der Waals surface area contributed by atoms with Crippen molar-refractivity contribution in [2.24, 2.45) is 0 Å². The van der Waals surface area contributed by atoms with Crippen LogP contribution in [-0.4, -0.2) is 17.9 Å². The van der Waals surface area contributed by atoms with E-state index in [2.05, 4.69) is 10.3 Å². The highest BCUT2D eigenvalue weighted by Crippen LogP contribution is 2.33. The zero-order valence-electron chi connectivity index (χ0n) is 8.99. The molecule has 0 bridgehead atoms. The summed E-state index contributed by atoms with van der Waals surface area (Å²) in [6.45, 7) is 0. The molecular formula is C12H16N2O. The molecule has 0 aliphatic heterocycles. The van der Waals surface area contributed by atoms with Crippen LogP contribution in [0.15, 0.2) is 18.3 Å². The average Bonchev–Trinajstić information content (AvgIpc) is 2.82. The van der Waals surface area contributed by atoms with Crippen molar-refractivity contribution in [2.75, 3.05) is 7.05 Å². The van der Waals surface area contributed by atoms with E-state index in [9.17, 15) is 4.79 Å². The van der Waals surface area contributed by atoms with Gasteiger partial charge in [-0.05, 0) is 36.5 Å². The van der Waals surface area contributed by atoms with E-state index in [1.165, 1.54) is 31.2 Å². The van der Waals surface area contributed by atoms with E-state index in [0.29, 0.717) is 11.6 Å². The Balaban J connectivity index is 2.21. The summed E-state index contributed by atoms with van der Waals surface area (Å²) in [5, 5.41) is 2.60. The Labute approximate surface area is 89.9 Å². The van der Waals surface area contributed by atoms with Gasteiger partial charge in [-0.15, -0.1) is 0 Å². The molecule has 0 spiro atoms. The maximum atomic E-state index is 11.4. The van der Waals surface area contributed by atoms with Crippen LogP contribution in [0.5, 0.6) is 0 Å². The van der Waals surface area contributed by atoms with Crippen LogP contribution in [0.2, 0.25) is 0 Å². The van der Waals surface area contributed by atoms with Gasteiger partial charge in [0.1, 0.15) is 5.69 Å². The van der Waals surface area contributed by atoms with Crippen LogP contribution in [0.4, 0.5) is 0 Å². The lowest BCUT2D eigenvalue weighted by Crippen LogP contribution is -2.19. The minimum atomic E-state index is -0.102. The molecule has 0 saturated heterocycles. The summed E-state index contributed by atoms with van der Waals surface area (Å²) in [5.74, 6) is 0.534. The topological polar surface area (TPSA) is 42.0 Å². The largest absolute Gasteiger partial charge is 0.354 e. The molecule has 1 fully saturated rings. The summed E-state index contributed by atoms with van der Waals surface area (Å²) in [6, 6.07) is 3.96. The molecule has 1 amide bonds. The average molecular weight is 204 g/mol. The fourth-order valence-corrected chi connectivity index (χ4v) is 2.21. The van der Waals surface area contributed by atoms with E-state index >= 15 is 0 Å². The van der Waals surface area contributed by atoms with E-state index in [-0.39, 0.29) is 5.91 Å². The molecule has 0 unspecified atom stereocenters. The Kier molecular flexibility index (Phi) is 2.99. The van der Waals surface area contributed by atoms with Gasteiger partial charge in [-0.25, -0.2) is 0 Å². The highest BCUT2D eigenvalue weighted by Gasteiger charge is 2.18. The van der Waals surface area contributed by atoms with E-state index in [1.807, 2.05) is 12.1 Å². The first-order valence-electron chi connectivity index (χ1n) is 5.49. The Morgan fingerprint density at radius 2 is 2.20 bits per heavy atom. The van der Waals surface area contributed by atoms with Crippen LogP contribution in [0.3, 0.4) is 0 Å². The molecule has 1 heterocycles. The zero-order chi connectivity index (χ0) is 10.7. The summed E-state index contributed by atoms with van der Waals surface area (Å²) in [6.07, 6.45) is 6.84. The predicted octanol–water partition coefficient (Wildman–Crippen LogP) is 2.10. The van der Waals surface area contributed by atoms with Crippen LogP contribution < -0.4 is 5.32 Å². The van der Waals surface area contributed by atoms with Crippen LogP contribution in [0.1, 0.15) is 47.7 Å². The van der Waals surface area contributed by atoms with E-state index in [1.54, 1.807) is 13.2 Å². The number of nitrogens with zero attached hydrogens (tertiary/aromatic N) is 1. The molecule has 1 N–H and O–H groups in total. The molecule has 2 rings (SSSR count). The quantitative estimate of drug-likeness (QED) is 0.801. The van der Waals surface area contributed by atoms with Crippen LogP contribution in [0.25, 0.3) is 0 Å². The van der Waals surface area contributed by atoms with Crippen molar-refractivity contribution in [3.63, 3.8) is 0 Å². The number of hydrogen-bond donors (Lipinski definition) is 1. The molecule has 3 nitrogen and oxygen atoms in total. The van der Waals surface area contributed by atoms with E-state index in [4.69, 9.17) is 0 Å². The normalized spacial score (nSPS) is 16.6. The summed E-state index contributed by atoms with van der Waals surface area (Å²) in [7, 11) is 1.63. The van der Waals surface area contributed by atoms with E-state index < -0.39 is 0 Å². The van der Waals surface area contributed by atoms with Gasteiger partial charge in [0.25, 0.3) is 5.91 Å². The standard InChI is InChI=1S/C12H16N2O/c1-13-12(15)11-8-10(6-7-14-11)9-4-2-3-5-9/h6-9H,2-5H2,1H3,(H,13,15). The van der Waals surface area contributed by atoms with Gasteiger partial charge < -0.3 is 5.32 Å². The monoisotopic (exact) mass is 204 g/mol. The third-order valence-corrected chi connectivity index (χ3v) is 3.07. The summed E-state index contributed by atoms with van der Waals surface area (Å²) in [4.78, 5) is 15.5. The molecule has 80 valence electrons. The second kappa shape index (κ2) is 4.43. The molecule has 1 aromatic heterocycles. The van der Waals surface area contributed by atoms with E-state index in [0.717, 1.165) is 0 Å². The van der Waals surface area contributed by atoms with Gasteiger partial charge in [-0.2, -0.15) is 0 Å². The van der Waals surface area contributed by atoms with Crippen molar-refractivity contribution < 1.29 is 4.79 Å². The molecule has 1 aromatic rings. The van der Waals surface area contributed by atoms with Gasteiger partial charge in [0.15, 0.2) is 0 Å². The third-order valence-electron chi connectivity index (χ3n) is 3.07. The predicted molar refractivity (Wildman–Crippen MR) is 58.8 cm³/mol. The first-order chi connectivity index (χ1) is 7.31. The second-order valence-electron chi connectivity index (χ2n) is 4.03. The number of rotatable bonds is 2. The molecule has 1 aliphatic carbocycles. The van der Waals surface area contributed by atoms with Crippen molar-refractivity contribution in [1.82, 2.24) is 10.3 Å². The lowest BCUT2D eigenvalue weighted by atomic mass is 9.98. The first-order valence-corrected chi connectivity index (χ1v) is 5.49. The fraction of sp³-hybridized carbons (Fsp3) is 0.500. The molecular weight excluding hydrogens is 188 g/mol. The number of pyridine rings is 1. The van der Waals surface area contributed by atoms with Crippen molar-refractivity contribution in [3.8, 4) is 0 Å². The highest BCUT2D eigenvalue weighted by molar-refractivity contribution is 5.92. The fourth-order valence-electron chi connectivity index (χ4n) is 2.21. The summed E-state index contributed by atoms with van der Waals surface area (Å²) < 4.78 is 0. The van der Waals surface area contributed by atoms with Gasteiger partial charge in [0.05, 0.1) is 0 Å². The number of nitrogens with one attached hydrogen (secondary N) is 1. The van der Waals surface area contributed by atoms with Crippen LogP contribution >= 0.6 is 0 Å². The minimum absolute atomic E-state index is 0.102. The molecule has 0 radical (unpaired) electrons. The lowest BCUT2D eigenvalue weighted by Gasteiger charge is -2.09. The van der Waals surface area contributed by atoms with Crippen molar-refractivity contribution in [2.45, 2.75) is 31.6 Å². The van der Waals surface area contributed by atoms with Gasteiger partial charge in [-0.1, -0.05) is 12.8 Å². The van der Waals surface area contributed by atoms with Crippen molar-refractivity contribution in [3.05, 3.63) is 29.6 Å². The first kappa shape index (κ1) is 10.1. The van der Waals surface area contributed by atoms with Crippen LogP contribution in [0, 0.1) is 0 Å². The highest BCUT2D eigenvalue weighted by atomic mass is 16.1. The second-order valence-corrected chi connectivity index (χ2v) is 4.03. The van der Waals surface area contributed by atoms with Gasteiger partial charge >= 0.3 is 0 Å².